The molecule has 49 heavy (non-hydrogen) atoms. The fourth-order valence-corrected chi connectivity index (χ4v) is 10.1. The highest BCUT2D eigenvalue weighted by Gasteiger charge is 2.54. The van der Waals surface area contributed by atoms with Crippen LogP contribution in [0.2, 0.25) is 5.02 Å². The molecule has 2 fully saturated rings. The molecule has 4 heterocycles. The molecule has 9 heteroatoms. The van der Waals surface area contributed by atoms with Crippen LogP contribution in [-0.2, 0) is 21.3 Å². The van der Waals surface area contributed by atoms with Gasteiger partial charge in [-0.1, -0.05) is 37.6 Å². The Balaban J connectivity index is 1.21. The van der Waals surface area contributed by atoms with Crippen LogP contribution in [0.25, 0.3) is 0 Å². The monoisotopic (exact) mass is 691 g/mol. The number of amides is 1. The number of nitrogens with zero attached hydrogens (tertiary/aromatic N) is 2. The van der Waals surface area contributed by atoms with Crippen LogP contribution in [0.1, 0.15) is 67.4 Å². The standard InChI is InChI=1S/C40H51ClFN3O4/c1-25-20-43-38(46)27-7-11-36-35(19-27)45(22-39(24-49-36)12-4-5-31-33(39)9-10-34(41)37(31)42)21-28-6-8-32(28)40(47-3,23-44-13-15-48-16-14-44)30-17-29(18-30)26(25)2/h7,9-11,17,19,25-26,28-29,32H,4-6,8,12-16,18,20-24H2,1-3H3,(H,43,46)/t25-,26+,28-,29-,32+,39-,40-/m0/s1. The molecule has 4 aliphatic heterocycles. The third-order valence-corrected chi connectivity index (χ3v) is 13.7. The van der Waals surface area contributed by atoms with Crippen molar-refractivity contribution in [2.75, 3.05) is 71.1 Å². The van der Waals surface area contributed by atoms with Gasteiger partial charge in [-0.2, -0.15) is 0 Å². The number of anilines is 1. The Hall–Kier alpha value is -2.65. The number of allylic oxidation sites excluding steroid dienone is 1. The van der Waals surface area contributed by atoms with Crippen molar-refractivity contribution in [1.82, 2.24) is 10.2 Å². The number of hydrogen-bond donors (Lipinski definition) is 1. The first-order valence-electron chi connectivity index (χ1n) is 18.5. The lowest BCUT2D eigenvalue weighted by atomic mass is 9.57. The minimum absolute atomic E-state index is 0.0529. The largest absolute Gasteiger partial charge is 0.490 e. The summed E-state index contributed by atoms with van der Waals surface area (Å²) < 4.78 is 34.7. The minimum atomic E-state index is -0.401. The maximum absolute atomic E-state index is 15.5. The Morgan fingerprint density at radius 2 is 1.96 bits per heavy atom. The van der Waals surface area contributed by atoms with Gasteiger partial charge in [0.15, 0.2) is 0 Å². The smallest absolute Gasteiger partial charge is 0.251 e. The van der Waals surface area contributed by atoms with Crippen molar-refractivity contribution in [3.8, 4) is 5.75 Å². The van der Waals surface area contributed by atoms with Gasteiger partial charge in [-0.15, -0.1) is 0 Å². The summed E-state index contributed by atoms with van der Waals surface area (Å²) in [6, 6.07) is 9.62. The van der Waals surface area contributed by atoms with Crippen molar-refractivity contribution in [2.45, 2.75) is 63.4 Å². The molecule has 2 aromatic carbocycles. The summed E-state index contributed by atoms with van der Waals surface area (Å²) in [6.45, 7) is 11.4. The predicted octanol–water partition coefficient (Wildman–Crippen LogP) is 6.66. The highest BCUT2D eigenvalue weighted by molar-refractivity contribution is 6.30. The van der Waals surface area contributed by atoms with Gasteiger partial charge in [0.25, 0.3) is 5.91 Å². The zero-order valence-electron chi connectivity index (χ0n) is 29.2. The summed E-state index contributed by atoms with van der Waals surface area (Å²) in [5.74, 6) is 2.42. The number of nitrogens with one attached hydrogen (secondary N) is 1. The number of halogens is 2. The van der Waals surface area contributed by atoms with E-state index in [1.807, 2.05) is 31.4 Å². The second kappa shape index (κ2) is 13.2. The lowest BCUT2D eigenvalue weighted by molar-refractivity contribution is -0.114. The molecule has 7 atom stereocenters. The molecule has 0 radical (unpaired) electrons. The minimum Gasteiger partial charge on any atom is -0.490 e. The second-order valence-electron chi connectivity index (χ2n) is 15.9. The first-order valence-corrected chi connectivity index (χ1v) is 18.9. The quantitative estimate of drug-likeness (QED) is 0.364. The van der Waals surface area contributed by atoms with E-state index >= 15 is 4.39 Å². The van der Waals surface area contributed by atoms with E-state index in [9.17, 15) is 4.79 Å². The van der Waals surface area contributed by atoms with E-state index in [2.05, 4.69) is 35.0 Å². The molecule has 2 aromatic rings. The topological polar surface area (TPSA) is 63.3 Å². The van der Waals surface area contributed by atoms with Crippen molar-refractivity contribution in [1.29, 1.82) is 0 Å². The molecule has 1 N–H and O–H groups in total. The number of ether oxygens (including phenoxy) is 3. The molecule has 7 nitrogen and oxygen atoms in total. The van der Waals surface area contributed by atoms with Gasteiger partial charge in [0.1, 0.15) is 17.2 Å². The molecule has 264 valence electrons. The molecule has 1 saturated heterocycles. The highest BCUT2D eigenvalue weighted by atomic mass is 35.5. The van der Waals surface area contributed by atoms with Gasteiger partial charge in [-0.05, 0) is 109 Å². The molecule has 7 aliphatic rings. The maximum atomic E-state index is 15.5. The lowest BCUT2D eigenvalue weighted by Crippen LogP contribution is -2.61. The number of methoxy groups -OCH3 is 1. The average Bonchev–Trinajstić information content (AvgIpc) is 3.23. The first-order chi connectivity index (χ1) is 23.7. The Morgan fingerprint density at radius 3 is 2.71 bits per heavy atom. The van der Waals surface area contributed by atoms with Crippen LogP contribution in [0.4, 0.5) is 10.1 Å². The summed E-state index contributed by atoms with van der Waals surface area (Å²) in [4.78, 5) is 18.6. The number of hydrogen-bond acceptors (Lipinski definition) is 6. The third kappa shape index (κ3) is 5.79. The Morgan fingerprint density at radius 1 is 1.14 bits per heavy atom. The first kappa shape index (κ1) is 33.5. The summed E-state index contributed by atoms with van der Waals surface area (Å²) in [6.07, 6.45) is 8.23. The summed E-state index contributed by atoms with van der Waals surface area (Å²) in [5, 5.41) is 3.43. The van der Waals surface area contributed by atoms with Gasteiger partial charge in [0.05, 0.1) is 30.5 Å². The van der Waals surface area contributed by atoms with Gasteiger partial charge in [0.2, 0.25) is 0 Å². The summed E-state index contributed by atoms with van der Waals surface area (Å²) >= 11 is 6.31. The van der Waals surface area contributed by atoms with E-state index in [1.165, 1.54) is 5.57 Å². The van der Waals surface area contributed by atoms with Crippen LogP contribution < -0.4 is 15.0 Å². The van der Waals surface area contributed by atoms with Crippen molar-refractivity contribution < 1.29 is 23.4 Å². The van der Waals surface area contributed by atoms with Gasteiger partial charge < -0.3 is 24.4 Å². The van der Waals surface area contributed by atoms with E-state index < -0.39 is 5.41 Å². The molecule has 9 rings (SSSR count). The number of carbonyl (C=O) groups excluding carboxylic acids is 1. The van der Waals surface area contributed by atoms with Crippen molar-refractivity contribution in [3.63, 3.8) is 0 Å². The van der Waals surface area contributed by atoms with Gasteiger partial charge in [-0.25, -0.2) is 4.39 Å². The van der Waals surface area contributed by atoms with Crippen LogP contribution in [-0.4, -0.2) is 82.6 Å². The van der Waals surface area contributed by atoms with Crippen LogP contribution in [0.15, 0.2) is 42.0 Å². The van der Waals surface area contributed by atoms with Gasteiger partial charge in [-0.3, -0.25) is 9.69 Å². The molecule has 1 amide bonds. The molecule has 3 aliphatic carbocycles. The maximum Gasteiger partial charge on any atom is 0.251 e. The molecular weight excluding hydrogens is 641 g/mol. The highest BCUT2D eigenvalue weighted by Crippen LogP contribution is 2.54. The molecule has 1 saturated carbocycles. The van der Waals surface area contributed by atoms with Gasteiger partial charge >= 0.3 is 0 Å². The fraction of sp³-hybridized carbons (Fsp3) is 0.625. The fourth-order valence-electron chi connectivity index (χ4n) is 9.96. The summed E-state index contributed by atoms with van der Waals surface area (Å²) in [5.41, 5.74) is 4.02. The number of fused-ring (bicyclic) bond motifs is 6. The van der Waals surface area contributed by atoms with Gasteiger partial charge in [0, 0.05) is 57.4 Å². The molecule has 0 aromatic heterocycles. The average molecular weight is 692 g/mol. The van der Waals surface area contributed by atoms with Crippen LogP contribution in [0, 0.1) is 35.4 Å². The number of carbonyl (C=O) groups is 1. The zero-order valence-corrected chi connectivity index (χ0v) is 30.0. The van der Waals surface area contributed by atoms with Crippen molar-refractivity contribution in [3.05, 3.63) is 69.5 Å². The molecule has 1 spiro atoms. The Bertz CT molecular complexity index is 1630. The van der Waals surface area contributed by atoms with E-state index in [0.717, 1.165) is 94.1 Å². The predicted molar refractivity (Wildman–Crippen MR) is 190 cm³/mol. The Labute approximate surface area is 295 Å². The number of morpholine rings is 1. The van der Waals surface area contributed by atoms with Crippen molar-refractivity contribution >= 4 is 23.2 Å². The van der Waals surface area contributed by atoms with Crippen molar-refractivity contribution in [2.24, 2.45) is 29.6 Å². The molecule has 0 unspecified atom stereocenters. The molecular formula is C40H51ClFN3O4. The lowest BCUT2D eigenvalue weighted by Gasteiger charge is -2.56. The number of rotatable bonds is 3. The van der Waals surface area contributed by atoms with Crippen LogP contribution in [0.3, 0.4) is 0 Å². The normalized spacial score (nSPS) is 34.7. The number of benzene rings is 2. The van der Waals surface area contributed by atoms with E-state index in [-0.39, 0.29) is 22.3 Å². The zero-order chi connectivity index (χ0) is 33.9. The van der Waals surface area contributed by atoms with E-state index in [0.29, 0.717) is 61.3 Å². The second-order valence-corrected chi connectivity index (χ2v) is 16.3. The SMILES string of the molecule is CO[C@@]1(CN2CCOCC2)C2=C[C@@H](C2)[C@H](C)[C@@H](C)CNC(=O)c2ccc3c(c2)N(C[C@@H]2CC[C@H]21)C[C@@]1(CCCc2c1ccc(Cl)c2F)CO3. The van der Waals surface area contributed by atoms with Crippen LogP contribution in [0.5, 0.6) is 5.75 Å². The van der Waals surface area contributed by atoms with Crippen LogP contribution >= 0.6 is 11.6 Å². The Kier molecular flexibility index (Phi) is 8.99. The van der Waals surface area contributed by atoms with E-state index in [4.69, 9.17) is 25.8 Å². The summed E-state index contributed by atoms with van der Waals surface area (Å²) in [7, 11) is 1.93. The van der Waals surface area contributed by atoms with E-state index in [1.54, 1.807) is 6.07 Å². The molecule has 4 bridgehead atoms. The third-order valence-electron chi connectivity index (χ3n) is 13.4.